The molecule has 1 atom stereocenters. The highest BCUT2D eigenvalue weighted by Gasteiger charge is 2.29. The molecule has 3 aliphatic heterocycles. The van der Waals surface area contributed by atoms with Crippen molar-refractivity contribution < 1.29 is 23.9 Å². The van der Waals surface area contributed by atoms with E-state index in [0.717, 1.165) is 31.4 Å². The molecule has 2 aromatic rings. The molecule has 0 unspecified atom stereocenters. The van der Waals surface area contributed by atoms with Crippen LogP contribution in [0.4, 0.5) is 26.9 Å². The van der Waals surface area contributed by atoms with E-state index in [1.807, 2.05) is 6.07 Å². The fourth-order valence-electron chi connectivity index (χ4n) is 5.26. The number of fused-ring (bicyclic) bond motifs is 1. The van der Waals surface area contributed by atoms with Gasteiger partial charge in [-0.2, -0.15) is 5.26 Å². The predicted octanol–water partition coefficient (Wildman–Crippen LogP) is 3.10. The lowest BCUT2D eigenvalue weighted by molar-refractivity contribution is 0.109. The zero-order chi connectivity index (χ0) is 27.4. The molecule has 0 aromatic carbocycles. The lowest BCUT2D eigenvalue weighted by Crippen LogP contribution is -2.40. The van der Waals surface area contributed by atoms with Crippen LogP contribution in [0.2, 0.25) is 0 Å². The van der Waals surface area contributed by atoms with E-state index in [0.29, 0.717) is 73.8 Å². The van der Waals surface area contributed by atoms with Crippen LogP contribution in [-0.2, 0) is 22.4 Å². The SMILES string of the molecule is CO[C@H]1CCN(c2cc(NC(=O)N3CCCc4cc(CN5CCCCOC5=O)c(C=O)nc43)ncc2C#N)C1. The standard InChI is InChI=1S/C27H31N7O5/c1-38-21-6-9-32(16-21)23-12-24(29-14-20(23)13-28)31-26(36)34-8-4-5-18-11-19(22(17-35)30-25(18)34)15-33-7-2-3-10-39-27(33)37/h11-12,14,17,21H,2-10,15-16H2,1H3,(H,29,31,36)/t21-/m0/s1. The number of anilines is 3. The molecule has 0 bridgehead atoms. The van der Waals surface area contributed by atoms with Gasteiger partial charge in [-0.3, -0.25) is 15.0 Å². The van der Waals surface area contributed by atoms with Gasteiger partial charge in [-0.05, 0) is 43.7 Å². The highest BCUT2D eigenvalue weighted by molar-refractivity contribution is 6.02. The van der Waals surface area contributed by atoms with Gasteiger partial charge in [-0.15, -0.1) is 0 Å². The number of aldehydes is 1. The van der Waals surface area contributed by atoms with E-state index in [-0.39, 0.29) is 18.3 Å². The zero-order valence-electron chi connectivity index (χ0n) is 21.9. The third-order valence-corrected chi connectivity index (χ3v) is 7.36. The van der Waals surface area contributed by atoms with Crippen molar-refractivity contribution >= 4 is 35.7 Å². The van der Waals surface area contributed by atoms with Crippen molar-refractivity contribution in [3.63, 3.8) is 0 Å². The summed E-state index contributed by atoms with van der Waals surface area (Å²) in [6.07, 6.45) is 5.68. The minimum absolute atomic E-state index is 0.0839. The first kappa shape index (κ1) is 26.4. The Bertz CT molecular complexity index is 1310. The topological polar surface area (TPSA) is 141 Å². The summed E-state index contributed by atoms with van der Waals surface area (Å²) in [5.41, 5.74) is 2.76. The molecule has 12 nitrogen and oxygen atoms in total. The van der Waals surface area contributed by atoms with Crippen LogP contribution in [0.15, 0.2) is 18.3 Å². The maximum absolute atomic E-state index is 13.4. The number of aromatic nitrogens is 2. The number of rotatable bonds is 6. The minimum Gasteiger partial charge on any atom is -0.449 e. The Balaban J connectivity index is 1.36. The van der Waals surface area contributed by atoms with Gasteiger partial charge in [0.2, 0.25) is 0 Å². The van der Waals surface area contributed by atoms with Crippen molar-refractivity contribution in [1.29, 1.82) is 5.26 Å². The van der Waals surface area contributed by atoms with Crippen molar-refractivity contribution in [2.45, 2.75) is 44.8 Å². The quantitative estimate of drug-likeness (QED) is 0.555. The maximum Gasteiger partial charge on any atom is 0.410 e. The first-order valence-electron chi connectivity index (χ1n) is 13.2. The second-order valence-electron chi connectivity index (χ2n) is 9.85. The second-order valence-corrected chi connectivity index (χ2v) is 9.85. The van der Waals surface area contributed by atoms with E-state index < -0.39 is 12.1 Å². The van der Waals surface area contributed by atoms with Crippen LogP contribution >= 0.6 is 0 Å². The van der Waals surface area contributed by atoms with Crippen LogP contribution in [0, 0.1) is 11.3 Å². The fourth-order valence-corrected chi connectivity index (χ4v) is 5.26. The summed E-state index contributed by atoms with van der Waals surface area (Å²) in [4.78, 5) is 51.6. The molecular weight excluding hydrogens is 502 g/mol. The van der Waals surface area contributed by atoms with E-state index in [1.54, 1.807) is 18.1 Å². The van der Waals surface area contributed by atoms with Gasteiger partial charge in [0.1, 0.15) is 23.4 Å². The van der Waals surface area contributed by atoms with Gasteiger partial charge in [0, 0.05) is 51.1 Å². The van der Waals surface area contributed by atoms with Gasteiger partial charge in [-0.1, -0.05) is 0 Å². The number of carbonyl (C=O) groups is 3. The van der Waals surface area contributed by atoms with Crippen LogP contribution in [0.25, 0.3) is 0 Å². The van der Waals surface area contributed by atoms with Crippen molar-refractivity contribution in [2.24, 2.45) is 0 Å². The first-order valence-corrected chi connectivity index (χ1v) is 13.2. The second kappa shape index (κ2) is 11.7. The molecule has 5 rings (SSSR count). The van der Waals surface area contributed by atoms with Gasteiger partial charge < -0.3 is 19.3 Å². The zero-order valence-corrected chi connectivity index (χ0v) is 21.9. The van der Waals surface area contributed by atoms with Gasteiger partial charge in [0.05, 0.1) is 30.5 Å². The Labute approximate surface area is 226 Å². The number of cyclic esters (lactones) is 1. The third kappa shape index (κ3) is 5.63. The highest BCUT2D eigenvalue weighted by atomic mass is 16.6. The molecule has 3 amide bonds. The number of nitrogens with zero attached hydrogens (tertiary/aromatic N) is 6. The summed E-state index contributed by atoms with van der Waals surface area (Å²) in [5.74, 6) is 0.730. The summed E-state index contributed by atoms with van der Waals surface area (Å²) >= 11 is 0. The number of nitrogens with one attached hydrogen (secondary N) is 1. The number of pyridine rings is 2. The first-order chi connectivity index (χ1) is 19.0. The van der Waals surface area contributed by atoms with Gasteiger partial charge in [0.15, 0.2) is 6.29 Å². The normalized spacial score (nSPS) is 19.1. The number of hydrogen-bond donors (Lipinski definition) is 1. The molecular formula is C27H31N7O5. The van der Waals surface area contributed by atoms with E-state index in [2.05, 4.69) is 26.3 Å². The Hall–Kier alpha value is -4.24. The number of urea groups is 1. The van der Waals surface area contributed by atoms with Crippen LogP contribution < -0.4 is 15.1 Å². The molecule has 3 aliphatic rings. The van der Waals surface area contributed by atoms with E-state index in [4.69, 9.17) is 9.47 Å². The minimum atomic E-state index is -0.427. The van der Waals surface area contributed by atoms with Gasteiger partial charge in [0.25, 0.3) is 0 Å². The molecule has 5 heterocycles. The molecule has 39 heavy (non-hydrogen) atoms. The number of carbonyl (C=O) groups excluding carboxylic acids is 3. The molecule has 2 saturated heterocycles. The molecule has 204 valence electrons. The lowest BCUT2D eigenvalue weighted by Gasteiger charge is -2.30. The van der Waals surface area contributed by atoms with Crippen molar-refractivity contribution in [1.82, 2.24) is 14.9 Å². The average Bonchev–Trinajstić information content (AvgIpc) is 3.35. The van der Waals surface area contributed by atoms with Crippen LogP contribution in [-0.4, -0.2) is 79.3 Å². The van der Waals surface area contributed by atoms with Gasteiger partial charge in [-0.25, -0.2) is 19.6 Å². The van der Waals surface area contributed by atoms with Gasteiger partial charge >= 0.3 is 12.1 Å². The summed E-state index contributed by atoms with van der Waals surface area (Å²) in [6.45, 7) is 2.97. The largest absolute Gasteiger partial charge is 0.449 e. The molecule has 0 saturated carbocycles. The molecule has 1 N–H and O–H groups in total. The maximum atomic E-state index is 13.4. The molecule has 12 heteroatoms. The number of nitriles is 1. The van der Waals surface area contributed by atoms with E-state index >= 15 is 0 Å². The van der Waals surface area contributed by atoms with Crippen molar-refractivity contribution in [3.05, 3.63) is 40.7 Å². The number of amides is 3. The monoisotopic (exact) mass is 533 g/mol. The lowest BCUT2D eigenvalue weighted by atomic mass is 10.0. The third-order valence-electron chi connectivity index (χ3n) is 7.36. The van der Waals surface area contributed by atoms with E-state index in [9.17, 15) is 19.6 Å². The number of methoxy groups -OCH3 is 1. The summed E-state index contributed by atoms with van der Waals surface area (Å²) in [7, 11) is 1.67. The van der Waals surface area contributed by atoms with Crippen LogP contribution in [0.1, 0.15) is 52.9 Å². The Morgan fingerprint density at radius 1 is 1.28 bits per heavy atom. The fraction of sp³-hybridized carbons (Fsp3) is 0.481. The number of hydrogen-bond acceptors (Lipinski definition) is 9. The molecule has 0 radical (unpaired) electrons. The molecule has 2 fully saturated rings. The van der Waals surface area contributed by atoms with Crippen LogP contribution in [0.3, 0.4) is 0 Å². The molecule has 0 aliphatic carbocycles. The van der Waals surface area contributed by atoms with E-state index in [1.165, 1.54) is 11.1 Å². The smallest absolute Gasteiger partial charge is 0.410 e. The summed E-state index contributed by atoms with van der Waals surface area (Å²) in [5, 5.41) is 12.4. The Kier molecular flexibility index (Phi) is 7.88. The number of aryl methyl sites for hydroxylation is 1. The predicted molar refractivity (Wildman–Crippen MR) is 142 cm³/mol. The van der Waals surface area contributed by atoms with Crippen LogP contribution in [0.5, 0.6) is 0 Å². The summed E-state index contributed by atoms with van der Waals surface area (Å²) in [6, 6.07) is 5.31. The molecule has 2 aromatic heterocycles. The Morgan fingerprint density at radius 2 is 2.15 bits per heavy atom. The summed E-state index contributed by atoms with van der Waals surface area (Å²) < 4.78 is 10.7. The highest BCUT2D eigenvalue weighted by Crippen LogP contribution is 2.30. The Morgan fingerprint density at radius 3 is 2.92 bits per heavy atom. The van der Waals surface area contributed by atoms with Crippen molar-refractivity contribution in [2.75, 3.05) is 55.0 Å². The molecule has 0 spiro atoms. The number of ether oxygens (including phenoxy) is 2. The average molecular weight is 534 g/mol. The van der Waals surface area contributed by atoms with Crippen molar-refractivity contribution in [3.8, 4) is 6.07 Å².